The van der Waals surface area contributed by atoms with Crippen molar-refractivity contribution in [1.29, 1.82) is 0 Å². The van der Waals surface area contributed by atoms with Crippen LogP contribution in [-0.4, -0.2) is 48.2 Å². The standard InChI is InChI=1S/C30H68N6/c1-13-15-18-22-31-30(34-28(8,9)10,32-23-20-26(3)4)21-17-16-19-24-36(33-25-27(5,6)7)35-29(11,12)14-2/h26,31-35H,13-25H2,1-12H3. The first-order valence-corrected chi connectivity index (χ1v) is 15.1. The van der Waals surface area contributed by atoms with Gasteiger partial charge in [0.1, 0.15) is 5.79 Å². The van der Waals surface area contributed by atoms with E-state index in [2.05, 4.69) is 115 Å². The van der Waals surface area contributed by atoms with Crippen LogP contribution in [0.5, 0.6) is 0 Å². The van der Waals surface area contributed by atoms with Crippen LogP contribution in [0.2, 0.25) is 0 Å². The molecule has 0 fully saturated rings. The topological polar surface area (TPSA) is 63.4 Å². The Hall–Kier alpha value is -0.240. The Bertz CT molecular complexity index is 535. The summed E-state index contributed by atoms with van der Waals surface area (Å²) in [7, 11) is 0. The summed E-state index contributed by atoms with van der Waals surface area (Å²) in [6.07, 6.45) is 10.7. The predicted molar refractivity (Wildman–Crippen MR) is 161 cm³/mol. The normalized spacial score (nSPS) is 15.2. The minimum Gasteiger partial charge on any atom is -0.287 e. The second-order valence-corrected chi connectivity index (χ2v) is 14.2. The van der Waals surface area contributed by atoms with Crippen molar-refractivity contribution in [2.45, 2.75) is 158 Å². The van der Waals surface area contributed by atoms with E-state index in [9.17, 15) is 0 Å². The molecule has 0 radical (unpaired) electrons. The molecule has 0 aliphatic rings. The first kappa shape index (κ1) is 35.8. The maximum atomic E-state index is 3.94. The Morgan fingerprint density at radius 1 is 0.750 bits per heavy atom. The van der Waals surface area contributed by atoms with Crippen molar-refractivity contribution in [3.63, 3.8) is 0 Å². The zero-order valence-electron chi connectivity index (χ0n) is 26.7. The molecule has 0 aromatic heterocycles. The highest BCUT2D eigenvalue weighted by molar-refractivity contribution is 4.89. The molecule has 0 rings (SSSR count). The van der Waals surface area contributed by atoms with Gasteiger partial charge in [0.25, 0.3) is 0 Å². The summed E-state index contributed by atoms with van der Waals surface area (Å²) >= 11 is 0. The van der Waals surface area contributed by atoms with E-state index >= 15 is 0 Å². The number of nitrogens with zero attached hydrogens (tertiary/aromatic N) is 1. The van der Waals surface area contributed by atoms with E-state index in [0.29, 0.717) is 5.92 Å². The van der Waals surface area contributed by atoms with Gasteiger partial charge in [0, 0.05) is 24.2 Å². The lowest BCUT2D eigenvalue weighted by Gasteiger charge is -2.43. The Labute approximate surface area is 227 Å². The van der Waals surface area contributed by atoms with E-state index in [0.717, 1.165) is 45.4 Å². The first-order valence-electron chi connectivity index (χ1n) is 15.1. The van der Waals surface area contributed by atoms with Gasteiger partial charge in [-0.25, -0.2) is 10.9 Å². The zero-order valence-corrected chi connectivity index (χ0v) is 26.7. The number of unbranched alkanes of at least 4 members (excludes halogenated alkanes) is 4. The molecule has 0 aromatic rings. The minimum absolute atomic E-state index is 0.0336. The molecule has 36 heavy (non-hydrogen) atoms. The number of hydrazine groups is 2. The van der Waals surface area contributed by atoms with Gasteiger partial charge in [-0.05, 0) is 97.6 Å². The highest BCUT2D eigenvalue weighted by Gasteiger charge is 2.32. The Morgan fingerprint density at radius 3 is 1.92 bits per heavy atom. The monoisotopic (exact) mass is 513 g/mol. The summed E-state index contributed by atoms with van der Waals surface area (Å²) in [6.45, 7) is 31.4. The summed E-state index contributed by atoms with van der Waals surface area (Å²) in [5, 5.41) is 14.0. The van der Waals surface area contributed by atoms with Crippen LogP contribution in [0.15, 0.2) is 0 Å². The third-order valence-electron chi connectivity index (χ3n) is 6.50. The lowest BCUT2D eigenvalue weighted by molar-refractivity contribution is 0.0446. The van der Waals surface area contributed by atoms with E-state index in [-0.39, 0.29) is 22.3 Å². The van der Waals surface area contributed by atoms with E-state index in [1.165, 1.54) is 38.5 Å². The van der Waals surface area contributed by atoms with Crippen molar-refractivity contribution in [2.24, 2.45) is 11.3 Å². The minimum atomic E-state index is -0.215. The third-order valence-corrected chi connectivity index (χ3v) is 6.50. The molecule has 0 saturated heterocycles. The third kappa shape index (κ3) is 19.8. The van der Waals surface area contributed by atoms with Crippen LogP contribution in [0.25, 0.3) is 0 Å². The number of hydrogen-bond donors (Lipinski definition) is 5. The number of rotatable bonds is 21. The Kier molecular flexibility index (Phi) is 17.3. The zero-order chi connectivity index (χ0) is 27.9. The van der Waals surface area contributed by atoms with Gasteiger partial charge >= 0.3 is 0 Å². The summed E-state index contributed by atoms with van der Waals surface area (Å²) in [4.78, 5) is 0. The fourth-order valence-corrected chi connectivity index (χ4v) is 4.07. The fourth-order valence-electron chi connectivity index (χ4n) is 4.07. The van der Waals surface area contributed by atoms with Crippen LogP contribution in [0, 0.1) is 11.3 Å². The van der Waals surface area contributed by atoms with Crippen molar-refractivity contribution in [3.8, 4) is 0 Å². The molecule has 218 valence electrons. The second-order valence-electron chi connectivity index (χ2n) is 14.2. The molecule has 6 nitrogen and oxygen atoms in total. The molecular weight excluding hydrogens is 444 g/mol. The SMILES string of the molecule is CCCCCNC(CCCCCN(NCC(C)(C)C)NC(C)(C)CC)(NCCC(C)C)NC(C)(C)C. The molecule has 0 heterocycles. The van der Waals surface area contributed by atoms with E-state index in [4.69, 9.17) is 0 Å². The fraction of sp³-hybridized carbons (Fsp3) is 1.00. The van der Waals surface area contributed by atoms with Crippen molar-refractivity contribution in [2.75, 3.05) is 26.2 Å². The maximum Gasteiger partial charge on any atom is 0.123 e. The summed E-state index contributed by atoms with van der Waals surface area (Å²) in [6, 6.07) is 0. The molecule has 1 unspecified atom stereocenters. The molecule has 6 heteroatoms. The molecule has 0 aromatic carbocycles. The molecule has 0 amide bonds. The first-order chi connectivity index (χ1) is 16.5. The van der Waals surface area contributed by atoms with Crippen LogP contribution >= 0.6 is 0 Å². The predicted octanol–water partition coefficient (Wildman–Crippen LogP) is 6.55. The van der Waals surface area contributed by atoms with Gasteiger partial charge in [-0.2, -0.15) is 5.12 Å². The molecule has 0 saturated carbocycles. The molecule has 1 atom stereocenters. The van der Waals surface area contributed by atoms with Gasteiger partial charge in [-0.1, -0.05) is 67.7 Å². The van der Waals surface area contributed by atoms with Crippen LogP contribution in [0.1, 0.15) is 141 Å². The quantitative estimate of drug-likeness (QED) is 0.0683. The van der Waals surface area contributed by atoms with E-state index in [1.807, 2.05) is 0 Å². The highest BCUT2D eigenvalue weighted by Crippen LogP contribution is 2.17. The van der Waals surface area contributed by atoms with Crippen LogP contribution in [0.4, 0.5) is 0 Å². The molecule has 0 aliphatic heterocycles. The molecule has 0 spiro atoms. The van der Waals surface area contributed by atoms with Crippen LogP contribution < -0.4 is 26.8 Å². The van der Waals surface area contributed by atoms with Gasteiger partial charge in [0.05, 0.1) is 0 Å². The van der Waals surface area contributed by atoms with Gasteiger partial charge in [-0.15, -0.1) is 0 Å². The average molecular weight is 513 g/mol. The molecular formula is C30H68N6. The van der Waals surface area contributed by atoms with Crippen molar-refractivity contribution in [1.82, 2.24) is 31.9 Å². The van der Waals surface area contributed by atoms with E-state index in [1.54, 1.807) is 0 Å². The van der Waals surface area contributed by atoms with Crippen molar-refractivity contribution >= 4 is 0 Å². The molecule has 0 aliphatic carbocycles. The lowest BCUT2D eigenvalue weighted by Crippen LogP contribution is -2.70. The van der Waals surface area contributed by atoms with Crippen molar-refractivity contribution < 1.29 is 0 Å². The lowest BCUT2D eigenvalue weighted by atomic mass is 9.97. The Balaban J connectivity index is 5.12. The molecule has 0 bridgehead atoms. The maximum absolute atomic E-state index is 3.94. The molecule has 5 N–H and O–H groups in total. The van der Waals surface area contributed by atoms with Gasteiger partial charge in [0.15, 0.2) is 0 Å². The summed E-state index contributed by atoms with van der Waals surface area (Å²) in [5.41, 5.74) is 7.74. The van der Waals surface area contributed by atoms with E-state index < -0.39 is 0 Å². The second kappa shape index (κ2) is 17.4. The highest BCUT2D eigenvalue weighted by atomic mass is 15.7. The summed E-state index contributed by atoms with van der Waals surface area (Å²) in [5.74, 6) is 0.490. The van der Waals surface area contributed by atoms with Crippen LogP contribution in [-0.2, 0) is 0 Å². The smallest absolute Gasteiger partial charge is 0.123 e. The van der Waals surface area contributed by atoms with Crippen LogP contribution in [0.3, 0.4) is 0 Å². The Morgan fingerprint density at radius 2 is 1.39 bits per heavy atom. The number of nitrogens with one attached hydrogen (secondary N) is 5. The van der Waals surface area contributed by atoms with Crippen molar-refractivity contribution in [3.05, 3.63) is 0 Å². The van der Waals surface area contributed by atoms with Gasteiger partial charge < -0.3 is 0 Å². The largest absolute Gasteiger partial charge is 0.287 e. The van der Waals surface area contributed by atoms with Gasteiger partial charge in [0.2, 0.25) is 0 Å². The number of hydrogen-bond acceptors (Lipinski definition) is 6. The average Bonchev–Trinajstić information content (AvgIpc) is 2.72. The summed E-state index contributed by atoms with van der Waals surface area (Å²) < 4.78 is 0. The van der Waals surface area contributed by atoms with Gasteiger partial charge in [-0.3, -0.25) is 16.0 Å².